The molecule has 0 saturated heterocycles. The number of carbonyl (C=O) groups is 1. The summed E-state index contributed by atoms with van der Waals surface area (Å²) in [7, 11) is 0. The zero-order valence-electron chi connectivity index (χ0n) is 15.6. The summed E-state index contributed by atoms with van der Waals surface area (Å²) >= 11 is 6.42. The number of hydrogen-bond donors (Lipinski definition) is 3. The lowest BCUT2D eigenvalue weighted by molar-refractivity contribution is -0.120. The highest BCUT2D eigenvalue weighted by atomic mass is 35.5. The van der Waals surface area contributed by atoms with E-state index in [1.807, 2.05) is 30.3 Å². The van der Waals surface area contributed by atoms with Crippen molar-refractivity contribution in [3.63, 3.8) is 0 Å². The summed E-state index contributed by atoms with van der Waals surface area (Å²) in [4.78, 5) is 11.8. The predicted octanol–water partition coefficient (Wildman–Crippen LogP) is 3.64. The van der Waals surface area contributed by atoms with Gasteiger partial charge in [-0.2, -0.15) is 5.10 Å². The second kappa shape index (κ2) is 8.22. The van der Waals surface area contributed by atoms with Gasteiger partial charge in [0.15, 0.2) is 5.82 Å². The molecule has 148 valence electrons. The fourth-order valence-electron chi connectivity index (χ4n) is 2.92. The number of hydrogen-bond acceptors (Lipinski definition) is 6. The Hall–Kier alpha value is -2.54. The topological polar surface area (TPSA) is 88.2 Å². The Morgan fingerprint density at radius 2 is 2.04 bits per heavy atom. The molecule has 2 aliphatic carbocycles. The van der Waals surface area contributed by atoms with Crippen LogP contribution in [0.1, 0.15) is 32.1 Å². The van der Waals surface area contributed by atoms with E-state index < -0.39 is 0 Å². The SMILES string of the molecule is O=C(CC1CC1)NNc1nncc(NCC2(COc3ccccc3)CC2)c1Cl. The number of ether oxygens (including phenoxy) is 1. The average Bonchev–Trinajstić information content (AvgIpc) is 3.63. The lowest BCUT2D eigenvalue weighted by atomic mass is 10.1. The third-order valence-corrected chi connectivity index (χ3v) is 5.56. The average molecular weight is 402 g/mol. The minimum atomic E-state index is -0.0614. The summed E-state index contributed by atoms with van der Waals surface area (Å²) in [6, 6.07) is 9.83. The number of rotatable bonds is 10. The highest BCUT2D eigenvalue weighted by Crippen LogP contribution is 2.46. The Labute approximate surface area is 169 Å². The molecule has 8 heteroatoms. The fourth-order valence-corrected chi connectivity index (χ4v) is 3.13. The molecule has 1 amide bonds. The standard InChI is InChI=1S/C20H24ClN5O2/c21-18-16(11-23-25-19(18)26-24-17(27)10-14-6-7-14)22-12-20(8-9-20)13-28-15-4-2-1-3-5-15/h1-5,11,14H,6-10,12-13H2,(H,24,27)(H2,22,25,26). The molecule has 0 spiro atoms. The Balaban J connectivity index is 1.28. The van der Waals surface area contributed by atoms with E-state index >= 15 is 0 Å². The molecule has 2 fully saturated rings. The van der Waals surface area contributed by atoms with Crippen molar-refractivity contribution in [3.8, 4) is 5.75 Å². The number of carbonyl (C=O) groups excluding carboxylic acids is 1. The van der Waals surface area contributed by atoms with Crippen LogP contribution in [0.5, 0.6) is 5.75 Å². The van der Waals surface area contributed by atoms with Crippen LogP contribution in [0.15, 0.2) is 36.5 Å². The number of hydrazine groups is 1. The van der Waals surface area contributed by atoms with Crippen molar-refractivity contribution < 1.29 is 9.53 Å². The van der Waals surface area contributed by atoms with E-state index in [2.05, 4.69) is 26.4 Å². The minimum Gasteiger partial charge on any atom is -0.493 e. The maximum atomic E-state index is 11.8. The first-order chi connectivity index (χ1) is 13.6. The van der Waals surface area contributed by atoms with Crippen LogP contribution in [-0.2, 0) is 4.79 Å². The summed E-state index contributed by atoms with van der Waals surface area (Å²) in [6.45, 7) is 1.39. The van der Waals surface area contributed by atoms with E-state index in [1.54, 1.807) is 6.20 Å². The normalized spacial score (nSPS) is 16.9. The quantitative estimate of drug-likeness (QED) is 0.527. The van der Waals surface area contributed by atoms with Gasteiger partial charge in [-0.1, -0.05) is 29.8 Å². The molecule has 0 unspecified atom stereocenters. The second-order valence-electron chi connectivity index (χ2n) is 7.70. The van der Waals surface area contributed by atoms with Crippen LogP contribution in [0.4, 0.5) is 11.5 Å². The number of nitrogens with zero attached hydrogens (tertiary/aromatic N) is 2. The van der Waals surface area contributed by atoms with Gasteiger partial charge in [-0.3, -0.25) is 15.6 Å². The van der Waals surface area contributed by atoms with Gasteiger partial charge in [-0.05, 0) is 43.7 Å². The smallest absolute Gasteiger partial charge is 0.238 e. The van der Waals surface area contributed by atoms with Crippen LogP contribution in [0, 0.1) is 11.3 Å². The van der Waals surface area contributed by atoms with Crippen LogP contribution in [0.3, 0.4) is 0 Å². The van der Waals surface area contributed by atoms with Gasteiger partial charge in [-0.25, -0.2) is 0 Å². The van der Waals surface area contributed by atoms with Crippen LogP contribution < -0.4 is 20.9 Å². The molecule has 1 aromatic carbocycles. The van der Waals surface area contributed by atoms with Crippen molar-refractivity contribution in [1.29, 1.82) is 0 Å². The van der Waals surface area contributed by atoms with Crippen LogP contribution in [0.25, 0.3) is 0 Å². The van der Waals surface area contributed by atoms with Gasteiger partial charge in [0.2, 0.25) is 5.91 Å². The molecule has 3 N–H and O–H groups in total. The third kappa shape index (κ3) is 5.04. The molecule has 1 aromatic heterocycles. The van der Waals surface area contributed by atoms with Gasteiger partial charge in [0, 0.05) is 18.4 Å². The number of anilines is 2. The molecule has 0 aliphatic heterocycles. The van der Waals surface area contributed by atoms with E-state index in [0.717, 1.165) is 38.0 Å². The highest BCUT2D eigenvalue weighted by Gasteiger charge is 2.43. The molecule has 7 nitrogen and oxygen atoms in total. The Kier molecular flexibility index (Phi) is 5.52. The maximum Gasteiger partial charge on any atom is 0.238 e. The summed E-state index contributed by atoms with van der Waals surface area (Å²) in [6.07, 6.45) is 6.58. The number of halogens is 1. The zero-order chi connectivity index (χ0) is 19.4. The summed E-state index contributed by atoms with van der Waals surface area (Å²) in [5, 5.41) is 11.7. The van der Waals surface area contributed by atoms with E-state index in [-0.39, 0.29) is 11.3 Å². The Morgan fingerprint density at radius 3 is 2.75 bits per heavy atom. The monoisotopic (exact) mass is 401 g/mol. The van der Waals surface area contributed by atoms with Crippen molar-refractivity contribution >= 4 is 29.0 Å². The molecule has 2 aromatic rings. The molecule has 4 rings (SSSR count). The van der Waals surface area contributed by atoms with Crippen LogP contribution >= 0.6 is 11.6 Å². The van der Waals surface area contributed by atoms with Crippen molar-refractivity contribution in [2.45, 2.75) is 32.1 Å². The first-order valence-electron chi connectivity index (χ1n) is 9.61. The number of amides is 1. The molecular weight excluding hydrogens is 378 g/mol. The predicted molar refractivity (Wildman–Crippen MR) is 108 cm³/mol. The Morgan fingerprint density at radius 1 is 1.25 bits per heavy atom. The summed E-state index contributed by atoms with van der Waals surface area (Å²) < 4.78 is 5.92. The van der Waals surface area contributed by atoms with E-state index in [4.69, 9.17) is 16.3 Å². The first-order valence-corrected chi connectivity index (χ1v) is 9.99. The molecule has 2 saturated carbocycles. The zero-order valence-corrected chi connectivity index (χ0v) is 16.3. The van der Waals surface area contributed by atoms with Gasteiger partial charge in [-0.15, -0.1) is 5.10 Å². The number of nitrogens with one attached hydrogen (secondary N) is 3. The van der Waals surface area contributed by atoms with Gasteiger partial charge in [0.05, 0.1) is 18.5 Å². The lowest BCUT2D eigenvalue weighted by Crippen LogP contribution is -2.30. The molecule has 28 heavy (non-hydrogen) atoms. The summed E-state index contributed by atoms with van der Waals surface area (Å²) in [5.74, 6) is 1.67. The molecule has 0 radical (unpaired) electrons. The van der Waals surface area contributed by atoms with Crippen molar-refractivity contribution in [2.75, 3.05) is 23.9 Å². The van der Waals surface area contributed by atoms with Gasteiger partial charge in [0.25, 0.3) is 0 Å². The Bertz CT molecular complexity index is 825. The van der Waals surface area contributed by atoms with Crippen LogP contribution in [-0.4, -0.2) is 29.3 Å². The lowest BCUT2D eigenvalue weighted by Gasteiger charge is -2.18. The van der Waals surface area contributed by atoms with Gasteiger partial charge < -0.3 is 10.1 Å². The number of para-hydroxylation sites is 1. The van der Waals surface area contributed by atoms with Crippen LogP contribution in [0.2, 0.25) is 5.02 Å². The van der Waals surface area contributed by atoms with Gasteiger partial charge >= 0.3 is 0 Å². The fraction of sp³-hybridized carbons (Fsp3) is 0.450. The molecular formula is C20H24ClN5O2. The van der Waals surface area contributed by atoms with Gasteiger partial charge in [0.1, 0.15) is 10.8 Å². The van der Waals surface area contributed by atoms with E-state index in [9.17, 15) is 4.79 Å². The largest absolute Gasteiger partial charge is 0.493 e. The van der Waals surface area contributed by atoms with Crippen molar-refractivity contribution in [3.05, 3.63) is 41.6 Å². The molecule has 2 aliphatic rings. The maximum absolute atomic E-state index is 11.8. The van der Waals surface area contributed by atoms with E-state index in [0.29, 0.717) is 35.5 Å². The molecule has 0 atom stereocenters. The number of benzene rings is 1. The molecule has 1 heterocycles. The minimum absolute atomic E-state index is 0.0614. The highest BCUT2D eigenvalue weighted by molar-refractivity contribution is 6.35. The van der Waals surface area contributed by atoms with E-state index in [1.165, 1.54) is 0 Å². The third-order valence-electron chi connectivity index (χ3n) is 5.18. The molecule has 0 bridgehead atoms. The summed E-state index contributed by atoms with van der Waals surface area (Å²) in [5.41, 5.74) is 6.20. The van der Waals surface area contributed by atoms with Crippen molar-refractivity contribution in [1.82, 2.24) is 15.6 Å². The first kappa shape index (κ1) is 18.8. The number of aromatic nitrogens is 2. The van der Waals surface area contributed by atoms with Crippen molar-refractivity contribution in [2.24, 2.45) is 11.3 Å². The second-order valence-corrected chi connectivity index (χ2v) is 8.07.